The highest BCUT2D eigenvalue weighted by atomic mass is 35.5. The zero-order valence-electron chi connectivity index (χ0n) is 17.6. The minimum Gasteiger partial charge on any atom is -0.495 e. The Morgan fingerprint density at radius 1 is 1.13 bits per heavy atom. The van der Waals surface area contributed by atoms with Gasteiger partial charge in [0.2, 0.25) is 15.9 Å². The van der Waals surface area contributed by atoms with Gasteiger partial charge in [-0.1, -0.05) is 11.6 Å². The van der Waals surface area contributed by atoms with Crippen LogP contribution in [0, 0.1) is 5.82 Å². The molecule has 7 nitrogen and oxygen atoms in total. The van der Waals surface area contributed by atoms with Crippen LogP contribution in [0.5, 0.6) is 5.75 Å². The molecule has 0 radical (unpaired) electrons. The lowest BCUT2D eigenvalue weighted by Crippen LogP contribution is -2.55. The molecule has 0 spiro atoms. The fourth-order valence-corrected chi connectivity index (χ4v) is 5.04. The molecule has 2 aromatic carbocycles. The molecule has 31 heavy (non-hydrogen) atoms. The predicted octanol–water partition coefficient (Wildman–Crippen LogP) is 2.99. The van der Waals surface area contributed by atoms with Gasteiger partial charge in [-0.2, -0.15) is 0 Å². The highest BCUT2D eigenvalue weighted by Gasteiger charge is 2.35. The number of hydrogen-bond acceptors (Lipinski definition) is 5. The lowest BCUT2D eigenvalue weighted by Gasteiger charge is -2.39. The van der Waals surface area contributed by atoms with Crippen LogP contribution in [0.15, 0.2) is 42.5 Å². The van der Waals surface area contributed by atoms with Crippen molar-refractivity contribution in [2.75, 3.05) is 48.7 Å². The van der Waals surface area contributed by atoms with E-state index in [4.69, 9.17) is 16.3 Å². The van der Waals surface area contributed by atoms with E-state index < -0.39 is 16.1 Å². The Hall–Kier alpha value is -2.52. The van der Waals surface area contributed by atoms with Crippen molar-refractivity contribution < 1.29 is 22.3 Å². The summed E-state index contributed by atoms with van der Waals surface area (Å²) < 4.78 is 44.8. The second-order valence-corrected chi connectivity index (χ2v) is 9.64. The molecule has 1 fully saturated rings. The molecular weight excluding hydrogens is 445 g/mol. The van der Waals surface area contributed by atoms with Crippen molar-refractivity contribution in [1.82, 2.24) is 4.90 Å². The number of carbonyl (C=O) groups is 1. The molecule has 0 aliphatic carbocycles. The van der Waals surface area contributed by atoms with Gasteiger partial charge in [-0.25, -0.2) is 12.8 Å². The molecule has 0 saturated carbocycles. The topological polar surface area (TPSA) is 70.2 Å². The molecule has 1 aliphatic rings. The highest BCUT2D eigenvalue weighted by Crippen LogP contribution is 2.34. The van der Waals surface area contributed by atoms with Crippen LogP contribution in [0.2, 0.25) is 5.02 Å². The first kappa shape index (κ1) is 23.1. The minimum atomic E-state index is -3.81. The van der Waals surface area contributed by atoms with E-state index in [2.05, 4.69) is 4.90 Å². The number of methoxy groups -OCH3 is 1. The van der Waals surface area contributed by atoms with Gasteiger partial charge in [0.1, 0.15) is 17.6 Å². The second-order valence-electron chi connectivity index (χ2n) is 7.34. The zero-order valence-corrected chi connectivity index (χ0v) is 19.2. The van der Waals surface area contributed by atoms with Crippen LogP contribution in [-0.2, 0) is 14.8 Å². The number of sulfonamides is 1. The molecule has 1 amide bonds. The van der Waals surface area contributed by atoms with Gasteiger partial charge in [0, 0.05) is 36.9 Å². The smallest absolute Gasteiger partial charge is 0.246 e. The molecule has 10 heteroatoms. The molecule has 1 atom stereocenters. The Labute approximate surface area is 187 Å². The summed E-state index contributed by atoms with van der Waals surface area (Å²) in [5, 5.41) is 0.331. The van der Waals surface area contributed by atoms with Gasteiger partial charge in [-0.15, -0.1) is 0 Å². The zero-order chi connectivity index (χ0) is 22.8. The van der Waals surface area contributed by atoms with E-state index in [1.807, 2.05) is 0 Å². The van der Waals surface area contributed by atoms with E-state index in [0.29, 0.717) is 37.0 Å². The number of carbonyl (C=O) groups excluding carboxylic acids is 1. The van der Waals surface area contributed by atoms with Crippen LogP contribution >= 0.6 is 11.6 Å². The standard InChI is InChI=1S/C21H25ClFN3O4S/c1-15(26(31(3,28)29)19-14-16(22)4-9-20(19)30-2)21(27)25-12-10-24(11-13-25)18-7-5-17(23)6-8-18/h4-9,14-15H,10-13H2,1-3H3/t15-/m1/s1. The lowest BCUT2D eigenvalue weighted by atomic mass is 10.2. The maximum absolute atomic E-state index is 13.2. The van der Waals surface area contributed by atoms with Crippen LogP contribution in [0.3, 0.4) is 0 Å². The molecule has 3 rings (SSSR count). The van der Waals surface area contributed by atoms with E-state index in [0.717, 1.165) is 16.2 Å². The average molecular weight is 470 g/mol. The molecule has 168 valence electrons. The molecule has 0 bridgehead atoms. The van der Waals surface area contributed by atoms with Gasteiger partial charge in [-0.3, -0.25) is 9.10 Å². The van der Waals surface area contributed by atoms with Gasteiger partial charge < -0.3 is 14.5 Å². The summed E-state index contributed by atoms with van der Waals surface area (Å²) in [5.74, 6) is -0.314. The Bertz CT molecular complexity index is 1040. The van der Waals surface area contributed by atoms with Crippen LogP contribution < -0.4 is 13.9 Å². The first-order chi connectivity index (χ1) is 14.6. The van der Waals surface area contributed by atoms with Crippen molar-refractivity contribution >= 4 is 38.9 Å². The first-order valence-electron chi connectivity index (χ1n) is 9.74. The molecule has 0 unspecified atom stereocenters. The van der Waals surface area contributed by atoms with E-state index in [1.165, 1.54) is 25.3 Å². The number of ether oxygens (including phenoxy) is 1. The Morgan fingerprint density at radius 2 is 1.74 bits per heavy atom. The summed E-state index contributed by atoms with van der Waals surface area (Å²) in [4.78, 5) is 16.9. The predicted molar refractivity (Wildman–Crippen MR) is 120 cm³/mol. The Balaban J connectivity index is 1.79. The number of halogens is 2. The fraction of sp³-hybridized carbons (Fsp3) is 0.381. The number of amides is 1. The molecule has 1 heterocycles. The van der Waals surface area contributed by atoms with Crippen molar-refractivity contribution in [2.24, 2.45) is 0 Å². The summed E-state index contributed by atoms with van der Waals surface area (Å²) in [6.45, 7) is 3.51. The summed E-state index contributed by atoms with van der Waals surface area (Å²) in [7, 11) is -2.38. The number of benzene rings is 2. The number of piperazine rings is 1. The van der Waals surface area contributed by atoms with Gasteiger partial charge in [0.15, 0.2) is 0 Å². The normalized spacial score (nSPS) is 15.5. The Morgan fingerprint density at radius 3 is 2.29 bits per heavy atom. The molecule has 1 saturated heterocycles. The number of rotatable bonds is 6. The molecular formula is C21H25ClFN3O4S. The number of anilines is 2. The highest BCUT2D eigenvalue weighted by molar-refractivity contribution is 7.92. The van der Waals surface area contributed by atoms with Gasteiger partial charge in [0.25, 0.3) is 0 Å². The van der Waals surface area contributed by atoms with Crippen LogP contribution in [0.4, 0.5) is 15.8 Å². The third kappa shape index (κ3) is 5.22. The molecule has 0 N–H and O–H groups in total. The van der Waals surface area contributed by atoms with E-state index in [1.54, 1.807) is 36.1 Å². The maximum Gasteiger partial charge on any atom is 0.246 e. The summed E-state index contributed by atoms with van der Waals surface area (Å²) in [6, 6.07) is 9.84. The van der Waals surface area contributed by atoms with Crippen LogP contribution in [-0.4, -0.2) is 64.8 Å². The Kier molecular flexibility index (Phi) is 6.96. The number of nitrogens with zero attached hydrogens (tertiary/aromatic N) is 3. The largest absolute Gasteiger partial charge is 0.495 e. The average Bonchev–Trinajstić information content (AvgIpc) is 2.73. The first-order valence-corrected chi connectivity index (χ1v) is 12.0. The van der Waals surface area contributed by atoms with E-state index in [9.17, 15) is 17.6 Å². The lowest BCUT2D eigenvalue weighted by molar-refractivity contribution is -0.132. The van der Waals surface area contributed by atoms with E-state index in [-0.39, 0.29) is 17.4 Å². The van der Waals surface area contributed by atoms with Crippen LogP contribution in [0.25, 0.3) is 0 Å². The van der Waals surface area contributed by atoms with Gasteiger partial charge in [0.05, 0.1) is 19.1 Å². The van der Waals surface area contributed by atoms with Crippen molar-refractivity contribution in [3.8, 4) is 5.75 Å². The van der Waals surface area contributed by atoms with Crippen molar-refractivity contribution in [2.45, 2.75) is 13.0 Å². The monoisotopic (exact) mass is 469 g/mol. The maximum atomic E-state index is 13.2. The second kappa shape index (κ2) is 9.32. The van der Waals surface area contributed by atoms with Crippen LogP contribution in [0.1, 0.15) is 6.92 Å². The summed E-state index contributed by atoms with van der Waals surface area (Å²) >= 11 is 6.08. The van der Waals surface area contributed by atoms with Crippen molar-refractivity contribution in [3.63, 3.8) is 0 Å². The van der Waals surface area contributed by atoms with E-state index >= 15 is 0 Å². The summed E-state index contributed by atoms with van der Waals surface area (Å²) in [5.41, 5.74) is 1.09. The molecule has 1 aliphatic heterocycles. The number of hydrogen-bond donors (Lipinski definition) is 0. The SMILES string of the molecule is COc1ccc(Cl)cc1N([C@H](C)C(=O)N1CCN(c2ccc(F)cc2)CC1)S(C)(=O)=O. The third-order valence-corrected chi connectivity index (χ3v) is 6.69. The molecule has 2 aromatic rings. The summed E-state index contributed by atoms with van der Waals surface area (Å²) in [6.07, 6.45) is 1.05. The quantitative estimate of drug-likeness (QED) is 0.650. The molecule has 0 aromatic heterocycles. The third-order valence-electron chi connectivity index (χ3n) is 5.23. The van der Waals surface area contributed by atoms with Gasteiger partial charge in [-0.05, 0) is 49.4 Å². The van der Waals surface area contributed by atoms with Gasteiger partial charge >= 0.3 is 0 Å². The van der Waals surface area contributed by atoms with Crippen molar-refractivity contribution in [1.29, 1.82) is 0 Å². The van der Waals surface area contributed by atoms with Crippen molar-refractivity contribution in [3.05, 3.63) is 53.3 Å². The fourth-order valence-electron chi connectivity index (χ4n) is 3.71. The minimum absolute atomic E-state index is 0.211.